The quantitative estimate of drug-likeness (QED) is 0.635. The minimum Gasteiger partial charge on any atom is -0.493 e. The molecule has 0 amide bonds. The van der Waals surface area contributed by atoms with Gasteiger partial charge < -0.3 is 10.5 Å². The molecule has 0 spiro atoms. The van der Waals surface area contributed by atoms with Crippen molar-refractivity contribution in [1.82, 2.24) is 0 Å². The number of rotatable bonds is 6. The first-order chi connectivity index (χ1) is 9.50. The van der Waals surface area contributed by atoms with E-state index in [2.05, 4.69) is 32.0 Å². The van der Waals surface area contributed by atoms with E-state index in [9.17, 15) is 0 Å². The number of ether oxygens (including phenoxy) is 1. The lowest BCUT2D eigenvalue weighted by Gasteiger charge is -2.22. The van der Waals surface area contributed by atoms with E-state index in [1.54, 1.807) is 0 Å². The Morgan fingerprint density at radius 3 is 2.60 bits per heavy atom. The van der Waals surface area contributed by atoms with Gasteiger partial charge in [-0.25, -0.2) is 0 Å². The molecule has 0 fully saturated rings. The fraction of sp³-hybridized carbons (Fsp3) is 0.353. The second kappa shape index (κ2) is 6.23. The molecule has 0 atom stereocenters. The minimum atomic E-state index is -0.0998. The van der Waals surface area contributed by atoms with Gasteiger partial charge in [-0.2, -0.15) is 0 Å². The van der Waals surface area contributed by atoms with Crippen LogP contribution < -0.4 is 10.5 Å². The van der Waals surface area contributed by atoms with Crippen LogP contribution in [0.2, 0.25) is 0 Å². The Morgan fingerprint density at radius 2 is 1.85 bits per heavy atom. The maximum atomic E-state index is 5.91. The summed E-state index contributed by atoms with van der Waals surface area (Å²) in [5.74, 6) is 0.941. The summed E-state index contributed by atoms with van der Waals surface area (Å²) in [7, 11) is 0. The fourth-order valence-corrected chi connectivity index (χ4v) is 2.24. The van der Waals surface area contributed by atoms with Crippen molar-refractivity contribution in [2.75, 3.05) is 6.61 Å². The molecule has 2 aromatic carbocycles. The molecule has 2 N–H and O–H groups in total. The Morgan fingerprint density at radius 1 is 1.15 bits per heavy atom. The molecule has 0 saturated carbocycles. The van der Waals surface area contributed by atoms with Gasteiger partial charge in [0.2, 0.25) is 0 Å². The summed E-state index contributed by atoms with van der Waals surface area (Å²) in [6, 6.07) is 14.4. The number of hydrogen-bond donors (Lipinski definition) is 1. The molecule has 106 valence electrons. The van der Waals surface area contributed by atoms with Gasteiger partial charge in [-0.1, -0.05) is 62.5 Å². The SMILES string of the molecule is CC(C)(CCCOc1cccc2ccccc12)C(N)=S. The zero-order valence-electron chi connectivity index (χ0n) is 12.1. The lowest BCUT2D eigenvalue weighted by atomic mass is 9.88. The van der Waals surface area contributed by atoms with Crippen LogP contribution in [0.5, 0.6) is 5.75 Å². The standard InChI is InChI=1S/C17H21NOS/c1-17(2,16(18)20)11-6-12-19-15-10-5-8-13-7-3-4-9-14(13)15/h3-5,7-10H,6,11-12H2,1-2H3,(H2,18,20). The van der Waals surface area contributed by atoms with Crippen molar-refractivity contribution in [1.29, 1.82) is 0 Å². The van der Waals surface area contributed by atoms with E-state index < -0.39 is 0 Å². The van der Waals surface area contributed by atoms with E-state index in [1.807, 2.05) is 24.3 Å². The molecule has 0 bridgehead atoms. The summed E-state index contributed by atoms with van der Waals surface area (Å²) >= 11 is 5.07. The summed E-state index contributed by atoms with van der Waals surface area (Å²) < 4.78 is 5.91. The van der Waals surface area contributed by atoms with Gasteiger partial charge in [0, 0.05) is 10.8 Å². The van der Waals surface area contributed by atoms with E-state index in [0.29, 0.717) is 11.6 Å². The highest BCUT2D eigenvalue weighted by Crippen LogP contribution is 2.26. The summed E-state index contributed by atoms with van der Waals surface area (Å²) in [5.41, 5.74) is 5.63. The Kier molecular flexibility index (Phi) is 4.61. The van der Waals surface area contributed by atoms with Crippen molar-refractivity contribution in [3.8, 4) is 5.75 Å². The van der Waals surface area contributed by atoms with Crippen molar-refractivity contribution in [2.24, 2.45) is 11.1 Å². The third-order valence-electron chi connectivity index (χ3n) is 3.62. The van der Waals surface area contributed by atoms with Crippen LogP contribution in [0.3, 0.4) is 0 Å². The van der Waals surface area contributed by atoms with E-state index in [-0.39, 0.29) is 5.41 Å². The monoisotopic (exact) mass is 287 g/mol. The highest BCUT2D eigenvalue weighted by atomic mass is 32.1. The molecule has 0 unspecified atom stereocenters. The zero-order valence-corrected chi connectivity index (χ0v) is 12.9. The molecule has 3 heteroatoms. The van der Waals surface area contributed by atoms with Crippen molar-refractivity contribution < 1.29 is 4.74 Å². The molecule has 0 aliphatic carbocycles. The van der Waals surface area contributed by atoms with Crippen LogP contribution in [0.1, 0.15) is 26.7 Å². The molecular weight excluding hydrogens is 266 g/mol. The largest absolute Gasteiger partial charge is 0.493 e. The number of hydrogen-bond acceptors (Lipinski definition) is 2. The van der Waals surface area contributed by atoms with Crippen LogP contribution in [0, 0.1) is 5.41 Å². The molecule has 2 nitrogen and oxygen atoms in total. The summed E-state index contributed by atoms with van der Waals surface area (Å²) in [5, 5.41) is 2.36. The first-order valence-corrected chi connectivity index (χ1v) is 7.32. The minimum absolute atomic E-state index is 0.0998. The smallest absolute Gasteiger partial charge is 0.127 e. The molecule has 2 rings (SSSR count). The van der Waals surface area contributed by atoms with Crippen molar-refractivity contribution in [2.45, 2.75) is 26.7 Å². The second-order valence-corrected chi connectivity index (χ2v) is 6.12. The average Bonchev–Trinajstić information content (AvgIpc) is 2.43. The first kappa shape index (κ1) is 14.8. The summed E-state index contributed by atoms with van der Waals surface area (Å²) in [4.78, 5) is 0.572. The fourth-order valence-electron chi connectivity index (χ4n) is 2.14. The van der Waals surface area contributed by atoms with Gasteiger partial charge in [0.25, 0.3) is 0 Å². The Labute approximate surface area is 125 Å². The predicted octanol–water partition coefficient (Wildman–Crippen LogP) is 4.31. The molecule has 20 heavy (non-hydrogen) atoms. The average molecular weight is 287 g/mol. The molecule has 0 aromatic heterocycles. The van der Waals surface area contributed by atoms with E-state index in [1.165, 1.54) is 5.39 Å². The molecular formula is C17H21NOS. The Balaban J connectivity index is 1.95. The van der Waals surface area contributed by atoms with E-state index in [4.69, 9.17) is 22.7 Å². The van der Waals surface area contributed by atoms with E-state index in [0.717, 1.165) is 24.0 Å². The van der Waals surface area contributed by atoms with Crippen LogP contribution >= 0.6 is 12.2 Å². The highest BCUT2D eigenvalue weighted by Gasteiger charge is 2.20. The van der Waals surface area contributed by atoms with Crippen molar-refractivity contribution in [3.63, 3.8) is 0 Å². The van der Waals surface area contributed by atoms with E-state index >= 15 is 0 Å². The molecule has 0 aliphatic rings. The van der Waals surface area contributed by atoms with Crippen LogP contribution in [0.15, 0.2) is 42.5 Å². The van der Waals surface area contributed by atoms with Crippen molar-refractivity contribution >= 4 is 28.0 Å². The van der Waals surface area contributed by atoms with Crippen LogP contribution in [0.25, 0.3) is 10.8 Å². The second-order valence-electron chi connectivity index (χ2n) is 5.68. The van der Waals surface area contributed by atoms with Crippen LogP contribution in [-0.4, -0.2) is 11.6 Å². The number of fused-ring (bicyclic) bond motifs is 1. The molecule has 0 saturated heterocycles. The lowest BCUT2D eigenvalue weighted by Crippen LogP contribution is -2.30. The van der Waals surface area contributed by atoms with Gasteiger partial charge in [0.05, 0.1) is 11.6 Å². The van der Waals surface area contributed by atoms with Crippen LogP contribution in [-0.2, 0) is 0 Å². The zero-order chi connectivity index (χ0) is 14.6. The third kappa shape index (κ3) is 3.48. The third-order valence-corrected chi connectivity index (χ3v) is 4.17. The predicted molar refractivity (Wildman–Crippen MR) is 89.2 cm³/mol. The Hall–Kier alpha value is -1.61. The normalized spacial score (nSPS) is 11.5. The molecule has 0 aliphatic heterocycles. The topological polar surface area (TPSA) is 35.2 Å². The summed E-state index contributed by atoms with van der Waals surface area (Å²) in [6.07, 6.45) is 1.88. The highest BCUT2D eigenvalue weighted by molar-refractivity contribution is 7.80. The van der Waals surface area contributed by atoms with Crippen LogP contribution in [0.4, 0.5) is 0 Å². The summed E-state index contributed by atoms with van der Waals surface area (Å²) in [6.45, 7) is 4.83. The molecule has 2 aromatic rings. The van der Waals surface area contributed by atoms with Gasteiger partial charge in [-0.05, 0) is 24.3 Å². The van der Waals surface area contributed by atoms with Gasteiger partial charge in [-0.15, -0.1) is 0 Å². The lowest BCUT2D eigenvalue weighted by molar-refractivity contribution is 0.291. The van der Waals surface area contributed by atoms with Gasteiger partial charge >= 0.3 is 0 Å². The van der Waals surface area contributed by atoms with Gasteiger partial charge in [0.1, 0.15) is 5.75 Å². The van der Waals surface area contributed by atoms with Crippen molar-refractivity contribution in [3.05, 3.63) is 42.5 Å². The number of thiocarbonyl (C=S) groups is 1. The maximum absolute atomic E-state index is 5.91. The molecule has 0 radical (unpaired) electrons. The number of nitrogens with two attached hydrogens (primary N) is 1. The van der Waals surface area contributed by atoms with Gasteiger partial charge in [-0.3, -0.25) is 0 Å². The first-order valence-electron chi connectivity index (χ1n) is 6.91. The Bertz CT molecular complexity index is 601. The number of benzene rings is 2. The maximum Gasteiger partial charge on any atom is 0.127 e. The van der Waals surface area contributed by atoms with Gasteiger partial charge in [0.15, 0.2) is 0 Å². The molecule has 0 heterocycles.